The fraction of sp³-hybridized carbons (Fsp3) is 0.571. The first-order valence-corrected chi connectivity index (χ1v) is 8.22. The molecule has 0 saturated heterocycles. The third-order valence-corrected chi connectivity index (χ3v) is 4.52. The van der Waals surface area contributed by atoms with Crippen LogP contribution in [0.15, 0.2) is 23.1 Å². The predicted molar refractivity (Wildman–Crippen MR) is 81.6 cm³/mol. The SMILES string of the molecule is CCCC(O)CNS(=O)(=O)c1ccc(C)c(N(C)C)c1. The van der Waals surface area contributed by atoms with Gasteiger partial charge < -0.3 is 10.0 Å². The summed E-state index contributed by atoms with van der Waals surface area (Å²) in [6.07, 6.45) is 0.755. The van der Waals surface area contributed by atoms with Gasteiger partial charge in [0.2, 0.25) is 10.0 Å². The summed E-state index contributed by atoms with van der Waals surface area (Å²) in [6, 6.07) is 5.01. The van der Waals surface area contributed by atoms with Crippen LogP contribution in [0.1, 0.15) is 25.3 Å². The van der Waals surface area contributed by atoms with Gasteiger partial charge in [-0.25, -0.2) is 13.1 Å². The number of nitrogens with zero attached hydrogens (tertiary/aromatic N) is 1. The average molecular weight is 300 g/mol. The predicted octanol–water partition coefficient (Wildman–Crippen LogP) is 1.50. The molecule has 0 fully saturated rings. The lowest BCUT2D eigenvalue weighted by molar-refractivity contribution is 0.167. The van der Waals surface area contributed by atoms with Crippen LogP contribution in [0, 0.1) is 6.92 Å². The molecule has 0 aliphatic rings. The lowest BCUT2D eigenvalue weighted by atomic mass is 10.2. The van der Waals surface area contributed by atoms with Crippen LogP contribution >= 0.6 is 0 Å². The summed E-state index contributed by atoms with van der Waals surface area (Å²) in [7, 11) is 0.161. The van der Waals surface area contributed by atoms with Gasteiger partial charge in [-0.1, -0.05) is 19.4 Å². The molecular formula is C14H24N2O3S. The summed E-state index contributed by atoms with van der Waals surface area (Å²) in [6.45, 7) is 3.92. The van der Waals surface area contributed by atoms with E-state index in [0.29, 0.717) is 6.42 Å². The van der Waals surface area contributed by atoms with Crippen molar-refractivity contribution >= 4 is 15.7 Å². The van der Waals surface area contributed by atoms with E-state index in [4.69, 9.17) is 0 Å². The van der Waals surface area contributed by atoms with Gasteiger partial charge in [-0.05, 0) is 31.0 Å². The zero-order chi connectivity index (χ0) is 15.3. The van der Waals surface area contributed by atoms with Gasteiger partial charge in [0, 0.05) is 26.3 Å². The van der Waals surface area contributed by atoms with Crippen LogP contribution in [-0.4, -0.2) is 40.3 Å². The molecule has 0 spiro atoms. The molecule has 0 radical (unpaired) electrons. The van der Waals surface area contributed by atoms with Crippen molar-refractivity contribution in [3.8, 4) is 0 Å². The van der Waals surface area contributed by atoms with Gasteiger partial charge in [0.25, 0.3) is 0 Å². The minimum Gasteiger partial charge on any atom is -0.392 e. The molecule has 0 aromatic heterocycles. The Morgan fingerprint density at radius 2 is 2.00 bits per heavy atom. The van der Waals surface area contributed by atoms with Crippen molar-refractivity contribution in [1.82, 2.24) is 4.72 Å². The molecule has 0 bridgehead atoms. The van der Waals surface area contributed by atoms with Crippen LogP contribution in [0.25, 0.3) is 0 Å². The Labute approximate surface area is 121 Å². The highest BCUT2D eigenvalue weighted by atomic mass is 32.2. The molecule has 1 atom stereocenters. The van der Waals surface area contributed by atoms with Crippen molar-refractivity contribution in [2.24, 2.45) is 0 Å². The van der Waals surface area contributed by atoms with Crippen molar-refractivity contribution in [3.63, 3.8) is 0 Å². The molecule has 0 aliphatic heterocycles. The number of aryl methyl sites for hydroxylation is 1. The highest BCUT2D eigenvalue weighted by Crippen LogP contribution is 2.22. The van der Waals surface area contributed by atoms with Gasteiger partial charge in [0.05, 0.1) is 11.0 Å². The molecule has 0 aliphatic carbocycles. The van der Waals surface area contributed by atoms with Crippen LogP contribution in [0.4, 0.5) is 5.69 Å². The molecule has 114 valence electrons. The minimum atomic E-state index is -3.58. The average Bonchev–Trinajstić information content (AvgIpc) is 2.37. The Balaban J connectivity index is 2.90. The zero-order valence-corrected chi connectivity index (χ0v) is 13.4. The summed E-state index contributed by atoms with van der Waals surface area (Å²) in [5.41, 5.74) is 1.88. The molecule has 0 saturated carbocycles. The molecule has 1 rings (SSSR count). The minimum absolute atomic E-state index is 0.0430. The lowest BCUT2D eigenvalue weighted by Crippen LogP contribution is -2.32. The first-order chi connectivity index (χ1) is 9.27. The molecule has 0 amide bonds. The van der Waals surface area contributed by atoms with Crippen molar-refractivity contribution in [2.75, 3.05) is 25.5 Å². The van der Waals surface area contributed by atoms with E-state index in [0.717, 1.165) is 17.7 Å². The monoisotopic (exact) mass is 300 g/mol. The normalized spacial score (nSPS) is 13.2. The second kappa shape index (κ2) is 7.06. The van der Waals surface area contributed by atoms with Crippen molar-refractivity contribution in [1.29, 1.82) is 0 Å². The molecule has 5 nitrogen and oxygen atoms in total. The maximum atomic E-state index is 12.2. The van der Waals surface area contributed by atoms with E-state index in [2.05, 4.69) is 4.72 Å². The van der Waals surface area contributed by atoms with Crippen LogP contribution in [0.5, 0.6) is 0 Å². The molecule has 1 aromatic rings. The summed E-state index contributed by atoms with van der Waals surface area (Å²) >= 11 is 0. The van der Waals surface area contributed by atoms with E-state index >= 15 is 0 Å². The highest BCUT2D eigenvalue weighted by Gasteiger charge is 2.17. The highest BCUT2D eigenvalue weighted by molar-refractivity contribution is 7.89. The second-order valence-corrected chi connectivity index (χ2v) is 6.90. The molecule has 0 heterocycles. The van der Waals surface area contributed by atoms with Crippen molar-refractivity contribution < 1.29 is 13.5 Å². The quantitative estimate of drug-likeness (QED) is 0.800. The number of nitrogens with one attached hydrogen (secondary N) is 1. The Morgan fingerprint density at radius 1 is 1.35 bits per heavy atom. The smallest absolute Gasteiger partial charge is 0.240 e. The maximum Gasteiger partial charge on any atom is 0.240 e. The van der Waals surface area contributed by atoms with Gasteiger partial charge in [-0.15, -0.1) is 0 Å². The maximum absolute atomic E-state index is 12.2. The molecule has 1 aromatic carbocycles. The summed E-state index contributed by atoms with van der Waals surface area (Å²) in [5.74, 6) is 0. The Bertz CT molecular complexity index is 541. The van der Waals surface area contributed by atoms with Crippen molar-refractivity contribution in [3.05, 3.63) is 23.8 Å². The van der Waals surface area contributed by atoms with Gasteiger partial charge in [0.15, 0.2) is 0 Å². The number of anilines is 1. The first kappa shape index (κ1) is 16.9. The van der Waals surface area contributed by atoms with Crippen LogP contribution in [0.3, 0.4) is 0 Å². The summed E-state index contributed by atoms with van der Waals surface area (Å²) in [4.78, 5) is 2.09. The van der Waals surface area contributed by atoms with E-state index in [-0.39, 0.29) is 11.4 Å². The number of benzene rings is 1. The molecule has 20 heavy (non-hydrogen) atoms. The van der Waals surface area contributed by atoms with E-state index in [9.17, 15) is 13.5 Å². The molecule has 6 heteroatoms. The number of aliphatic hydroxyl groups excluding tert-OH is 1. The molecule has 2 N–H and O–H groups in total. The fourth-order valence-corrected chi connectivity index (χ4v) is 3.06. The third-order valence-electron chi connectivity index (χ3n) is 3.10. The second-order valence-electron chi connectivity index (χ2n) is 5.14. The zero-order valence-electron chi connectivity index (χ0n) is 12.5. The van der Waals surface area contributed by atoms with E-state index in [1.54, 1.807) is 18.2 Å². The van der Waals surface area contributed by atoms with Crippen LogP contribution < -0.4 is 9.62 Å². The summed E-state index contributed by atoms with van der Waals surface area (Å²) < 4.78 is 26.8. The van der Waals surface area contributed by atoms with Crippen LogP contribution in [-0.2, 0) is 10.0 Å². The third kappa shape index (κ3) is 4.47. The Morgan fingerprint density at radius 3 is 2.55 bits per heavy atom. The number of rotatable bonds is 7. The summed E-state index contributed by atoms with van der Waals surface area (Å²) in [5, 5.41) is 9.61. The van der Waals surface area contributed by atoms with Crippen LogP contribution in [0.2, 0.25) is 0 Å². The number of hydrogen-bond donors (Lipinski definition) is 2. The van der Waals surface area contributed by atoms with Gasteiger partial charge in [-0.3, -0.25) is 0 Å². The standard InChI is InChI=1S/C14H24N2O3S/c1-5-6-12(17)10-15-20(18,19)13-8-7-11(2)14(9-13)16(3)4/h7-9,12,15,17H,5-6,10H2,1-4H3. The topological polar surface area (TPSA) is 69.6 Å². The Kier molecular flexibility index (Phi) is 5.98. The van der Waals surface area contributed by atoms with E-state index in [1.807, 2.05) is 32.8 Å². The van der Waals surface area contributed by atoms with Gasteiger partial charge in [-0.2, -0.15) is 0 Å². The number of hydrogen-bond acceptors (Lipinski definition) is 4. The number of sulfonamides is 1. The van der Waals surface area contributed by atoms with Crippen molar-refractivity contribution in [2.45, 2.75) is 37.7 Å². The fourth-order valence-electron chi connectivity index (χ4n) is 1.96. The number of aliphatic hydroxyl groups is 1. The largest absolute Gasteiger partial charge is 0.392 e. The van der Waals surface area contributed by atoms with E-state index in [1.165, 1.54) is 0 Å². The van der Waals surface area contributed by atoms with E-state index < -0.39 is 16.1 Å². The van der Waals surface area contributed by atoms with Gasteiger partial charge in [0.1, 0.15) is 0 Å². The Hall–Kier alpha value is -1.11. The molecule has 1 unspecified atom stereocenters. The lowest BCUT2D eigenvalue weighted by Gasteiger charge is -2.17. The van der Waals surface area contributed by atoms with Gasteiger partial charge >= 0.3 is 0 Å². The first-order valence-electron chi connectivity index (χ1n) is 6.73. The molecular weight excluding hydrogens is 276 g/mol.